The van der Waals surface area contributed by atoms with E-state index in [9.17, 15) is 5.11 Å². The molecule has 0 radical (unpaired) electrons. The quantitative estimate of drug-likeness (QED) is 0.615. The Morgan fingerprint density at radius 2 is 2.06 bits per heavy atom. The zero-order chi connectivity index (χ0) is 13.2. The second-order valence-electron chi connectivity index (χ2n) is 4.40. The number of methoxy groups -OCH3 is 1. The van der Waals surface area contributed by atoms with Crippen LogP contribution in [0.5, 0.6) is 0 Å². The summed E-state index contributed by atoms with van der Waals surface area (Å²) in [6.07, 6.45) is 1.90. The number of hydrogen-bond donors (Lipinski definition) is 3. The van der Waals surface area contributed by atoms with Gasteiger partial charge in [0, 0.05) is 13.2 Å². The highest BCUT2D eigenvalue weighted by Crippen LogP contribution is 2.13. The number of hydrogen-bond acceptors (Lipinski definition) is 4. The van der Waals surface area contributed by atoms with E-state index in [1.165, 1.54) is 0 Å². The van der Waals surface area contributed by atoms with Crippen LogP contribution in [-0.4, -0.2) is 38.0 Å². The van der Waals surface area contributed by atoms with Crippen molar-refractivity contribution in [3.05, 3.63) is 35.9 Å². The first-order valence-electron chi connectivity index (χ1n) is 6.42. The van der Waals surface area contributed by atoms with Gasteiger partial charge in [-0.15, -0.1) is 0 Å². The third kappa shape index (κ3) is 5.14. The smallest absolute Gasteiger partial charge is 0.0626 e. The molecule has 0 aliphatic heterocycles. The van der Waals surface area contributed by atoms with E-state index in [1.807, 2.05) is 30.3 Å². The maximum Gasteiger partial charge on any atom is 0.0626 e. The van der Waals surface area contributed by atoms with Crippen molar-refractivity contribution in [2.75, 3.05) is 26.9 Å². The number of aliphatic hydroxyl groups excluding tert-OH is 1. The standard InChI is InChI=1S/C14H24N2O2/c1-18-11-13(8-5-9-15)16-14(10-17)12-6-3-2-4-7-12/h2-4,6-7,13-14,16-17H,5,8-11,15H2,1H3/t13?,14-/m1/s1. The Hall–Kier alpha value is -0.940. The predicted octanol–water partition coefficient (Wildman–Crippen LogP) is 1.06. The van der Waals surface area contributed by atoms with Crippen molar-refractivity contribution in [2.24, 2.45) is 5.73 Å². The summed E-state index contributed by atoms with van der Waals surface area (Å²) in [5.74, 6) is 0. The van der Waals surface area contributed by atoms with Gasteiger partial charge in [-0.25, -0.2) is 0 Å². The van der Waals surface area contributed by atoms with Gasteiger partial charge >= 0.3 is 0 Å². The highest BCUT2D eigenvalue weighted by atomic mass is 16.5. The predicted molar refractivity (Wildman–Crippen MR) is 73.4 cm³/mol. The summed E-state index contributed by atoms with van der Waals surface area (Å²) < 4.78 is 5.20. The molecule has 0 saturated heterocycles. The van der Waals surface area contributed by atoms with E-state index in [2.05, 4.69) is 5.32 Å². The van der Waals surface area contributed by atoms with Crippen LogP contribution in [0, 0.1) is 0 Å². The Morgan fingerprint density at radius 3 is 2.61 bits per heavy atom. The molecule has 0 bridgehead atoms. The van der Waals surface area contributed by atoms with E-state index in [0.717, 1.165) is 18.4 Å². The highest BCUT2D eigenvalue weighted by molar-refractivity contribution is 5.19. The average molecular weight is 252 g/mol. The Labute approximate surface area is 109 Å². The summed E-state index contributed by atoms with van der Waals surface area (Å²) in [5, 5.41) is 12.9. The molecule has 0 aromatic heterocycles. The summed E-state index contributed by atoms with van der Waals surface area (Å²) in [5.41, 5.74) is 6.62. The van der Waals surface area contributed by atoms with Crippen LogP contribution in [0.15, 0.2) is 30.3 Å². The van der Waals surface area contributed by atoms with Gasteiger partial charge in [-0.05, 0) is 24.9 Å². The molecule has 0 spiro atoms. The van der Waals surface area contributed by atoms with Crippen LogP contribution in [0.25, 0.3) is 0 Å². The first-order valence-corrected chi connectivity index (χ1v) is 6.42. The highest BCUT2D eigenvalue weighted by Gasteiger charge is 2.15. The number of benzene rings is 1. The van der Waals surface area contributed by atoms with Gasteiger partial charge in [0.2, 0.25) is 0 Å². The van der Waals surface area contributed by atoms with Gasteiger partial charge in [-0.2, -0.15) is 0 Å². The molecule has 1 aromatic rings. The Morgan fingerprint density at radius 1 is 1.33 bits per heavy atom. The number of ether oxygens (including phenoxy) is 1. The number of aliphatic hydroxyl groups is 1. The molecule has 1 rings (SSSR count). The van der Waals surface area contributed by atoms with Crippen LogP contribution in [0.4, 0.5) is 0 Å². The monoisotopic (exact) mass is 252 g/mol. The van der Waals surface area contributed by atoms with E-state index in [1.54, 1.807) is 7.11 Å². The van der Waals surface area contributed by atoms with Crippen molar-refractivity contribution in [2.45, 2.75) is 24.9 Å². The van der Waals surface area contributed by atoms with Crippen LogP contribution in [0.1, 0.15) is 24.4 Å². The Kier molecular flexibility index (Phi) is 7.60. The van der Waals surface area contributed by atoms with Crippen molar-refractivity contribution in [1.29, 1.82) is 0 Å². The summed E-state index contributed by atoms with van der Waals surface area (Å²) in [7, 11) is 1.69. The molecule has 4 heteroatoms. The van der Waals surface area contributed by atoms with Gasteiger partial charge in [-0.1, -0.05) is 30.3 Å². The van der Waals surface area contributed by atoms with E-state index in [-0.39, 0.29) is 18.7 Å². The molecule has 4 nitrogen and oxygen atoms in total. The summed E-state index contributed by atoms with van der Waals surface area (Å²) in [6.45, 7) is 1.38. The van der Waals surface area contributed by atoms with Gasteiger partial charge in [0.15, 0.2) is 0 Å². The molecule has 0 amide bonds. The molecule has 18 heavy (non-hydrogen) atoms. The largest absolute Gasteiger partial charge is 0.394 e. The molecule has 0 fully saturated rings. The fraction of sp³-hybridized carbons (Fsp3) is 0.571. The van der Waals surface area contributed by atoms with E-state index >= 15 is 0 Å². The average Bonchev–Trinajstić information content (AvgIpc) is 2.43. The van der Waals surface area contributed by atoms with Crippen LogP contribution in [0.2, 0.25) is 0 Å². The number of rotatable bonds is 9. The first-order chi connectivity index (χ1) is 8.81. The fourth-order valence-electron chi connectivity index (χ4n) is 2.00. The van der Waals surface area contributed by atoms with Gasteiger partial charge in [0.25, 0.3) is 0 Å². The molecule has 0 saturated carbocycles. The molecule has 4 N–H and O–H groups in total. The van der Waals surface area contributed by atoms with Crippen molar-refractivity contribution in [3.63, 3.8) is 0 Å². The molecule has 0 heterocycles. The topological polar surface area (TPSA) is 67.5 Å². The van der Waals surface area contributed by atoms with Gasteiger partial charge in [-0.3, -0.25) is 0 Å². The van der Waals surface area contributed by atoms with Crippen LogP contribution in [0.3, 0.4) is 0 Å². The molecule has 1 unspecified atom stereocenters. The zero-order valence-electron chi connectivity index (χ0n) is 11.0. The SMILES string of the molecule is COCC(CCCN)N[C@H](CO)c1ccccc1. The second-order valence-corrected chi connectivity index (χ2v) is 4.40. The maximum absolute atomic E-state index is 9.49. The zero-order valence-corrected chi connectivity index (χ0v) is 11.0. The minimum absolute atomic E-state index is 0.0517. The second kappa shape index (κ2) is 9.05. The summed E-state index contributed by atoms with van der Waals surface area (Å²) >= 11 is 0. The summed E-state index contributed by atoms with van der Waals surface area (Å²) in [6, 6.07) is 10.1. The summed E-state index contributed by atoms with van der Waals surface area (Å²) in [4.78, 5) is 0. The van der Waals surface area contributed by atoms with Gasteiger partial charge in [0.05, 0.1) is 19.3 Å². The Bertz CT molecular complexity index is 306. The van der Waals surface area contributed by atoms with E-state index < -0.39 is 0 Å². The third-order valence-electron chi connectivity index (χ3n) is 2.95. The molecule has 1 aromatic carbocycles. The molecular formula is C14H24N2O2. The minimum atomic E-state index is -0.0517. The maximum atomic E-state index is 9.49. The van der Waals surface area contributed by atoms with E-state index in [4.69, 9.17) is 10.5 Å². The number of nitrogens with one attached hydrogen (secondary N) is 1. The normalized spacial score (nSPS) is 14.4. The van der Waals surface area contributed by atoms with Crippen molar-refractivity contribution in [1.82, 2.24) is 5.32 Å². The van der Waals surface area contributed by atoms with Gasteiger partial charge in [0.1, 0.15) is 0 Å². The van der Waals surface area contributed by atoms with Crippen LogP contribution >= 0.6 is 0 Å². The minimum Gasteiger partial charge on any atom is -0.394 e. The lowest BCUT2D eigenvalue weighted by Gasteiger charge is -2.24. The first kappa shape index (κ1) is 15.1. The lowest BCUT2D eigenvalue weighted by molar-refractivity contribution is 0.143. The molecule has 0 aliphatic rings. The van der Waals surface area contributed by atoms with E-state index in [0.29, 0.717) is 13.2 Å². The van der Waals surface area contributed by atoms with Crippen LogP contribution < -0.4 is 11.1 Å². The van der Waals surface area contributed by atoms with Gasteiger partial charge < -0.3 is 20.9 Å². The van der Waals surface area contributed by atoms with Crippen LogP contribution in [-0.2, 0) is 4.74 Å². The van der Waals surface area contributed by atoms with Crippen molar-refractivity contribution in [3.8, 4) is 0 Å². The molecule has 0 aliphatic carbocycles. The van der Waals surface area contributed by atoms with Crippen molar-refractivity contribution >= 4 is 0 Å². The van der Waals surface area contributed by atoms with Crippen molar-refractivity contribution < 1.29 is 9.84 Å². The molecular weight excluding hydrogens is 228 g/mol. The third-order valence-corrected chi connectivity index (χ3v) is 2.95. The number of nitrogens with two attached hydrogens (primary N) is 1. The Balaban J connectivity index is 2.58. The lowest BCUT2D eigenvalue weighted by Crippen LogP contribution is -2.38. The molecule has 2 atom stereocenters. The lowest BCUT2D eigenvalue weighted by atomic mass is 10.0. The molecule has 102 valence electrons. The fourth-order valence-corrected chi connectivity index (χ4v) is 2.00.